The lowest BCUT2D eigenvalue weighted by Crippen LogP contribution is -2.32. The highest BCUT2D eigenvalue weighted by atomic mass is 16.1. The van der Waals surface area contributed by atoms with Gasteiger partial charge in [-0.25, -0.2) is 0 Å². The monoisotopic (exact) mass is 289 g/mol. The van der Waals surface area contributed by atoms with Gasteiger partial charge in [-0.1, -0.05) is 25.7 Å². The Labute approximate surface area is 127 Å². The second-order valence-electron chi connectivity index (χ2n) is 5.89. The lowest BCUT2D eigenvalue weighted by atomic mass is 10.1. The molecule has 0 saturated heterocycles. The van der Waals surface area contributed by atoms with Crippen LogP contribution < -0.4 is 16.0 Å². The van der Waals surface area contributed by atoms with E-state index in [0.29, 0.717) is 18.2 Å². The first-order valence-corrected chi connectivity index (χ1v) is 8.04. The number of nitrogens with one attached hydrogen (secondary N) is 1. The van der Waals surface area contributed by atoms with Crippen LogP contribution in [0.1, 0.15) is 55.8 Å². The number of nitrogen functional groups attached to an aromatic ring is 1. The number of hydrogen-bond acceptors (Lipinski definition) is 3. The van der Waals surface area contributed by atoms with E-state index in [4.69, 9.17) is 5.73 Å². The second-order valence-corrected chi connectivity index (χ2v) is 5.89. The molecule has 1 aromatic carbocycles. The Morgan fingerprint density at radius 3 is 2.57 bits per heavy atom. The molecule has 0 atom stereocenters. The third-order valence-corrected chi connectivity index (χ3v) is 4.38. The summed E-state index contributed by atoms with van der Waals surface area (Å²) in [4.78, 5) is 14.3. The number of carbonyl (C=O) groups is 1. The van der Waals surface area contributed by atoms with Gasteiger partial charge in [0.2, 0.25) is 0 Å². The lowest BCUT2D eigenvalue weighted by molar-refractivity contribution is 0.0956. The van der Waals surface area contributed by atoms with Crippen molar-refractivity contribution in [1.82, 2.24) is 5.32 Å². The number of hydrogen-bond donors (Lipinski definition) is 2. The highest BCUT2D eigenvalue weighted by molar-refractivity contribution is 5.96. The van der Waals surface area contributed by atoms with Crippen LogP contribution in [0.25, 0.3) is 0 Å². The second kappa shape index (κ2) is 7.34. The number of carbonyl (C=O) groups excluding carboxylic acids is 1. The van der Waals surface area contributed by atoms with Crippen molar-refractivity contribution in [3.63, 3.8) is 0 Å². The first kappa shape index (κ1) is 15.7. The van der Waals surface area contributed by atoms with E-state index in [0.717, 1.165) is 11.4 Å². The third kappa shape index (κ3) is 3.90. The number of benzene rings is 1. The quantitative estimate of drug-likeness (QED) is 0.661. The molecule has 0 heterocycles. The molecule has 0 radical (unpaired) electrons. The molecule has 3 N–H and O–H groups in total. The van der Waals surface area contributed by atoms with E-state index in [2.05, 4.69) is 17.3 Å². The van der Waals surface area contributed by atoms with Crippen LogP contribution in [0.5, 0.6) is 0 Å². The van der Waals surface area contributed by atoms with Crippen LogP contribution in [0.4, 0.5) is 11.4 Å². The van der Waals surface area contributed by atoms with Crippen LogP contribution in [0.15, 0.2) is 18.2 Å². The minimum atomic E-state index is -0.0342. The highest BCUT2D eigenvalue weighted by Crippen LogP contribution is 2.30. The lowest BCUT2D eigenvalue weighted by Gasteiger charge is -2.30. The highest BCUT2D eigenvalue weighted by Gasteiger charge is 2.19. The van der Waals surface area contributed by atoms with Gasteiger partial charge in [-0.3, -0.25) is 4.79 Å². The van der Waals surface area contributed by atoms with Crippen LogP contribution in [0.2, 0.25) is 0 Å². The van der Waals surface area contributed by atoms with Crippen LogP contribution >= 0.6 is 0 Å². The zero-order chi connectivity index (χ0) is 15.2. The van der Waals surface area contributed by atoms with Gasteiger partial charge in [0.1, 0.15) is 0 Å². The molecule has 1 aliphatic carbocycles. The van der Waals surface area contributed by atoms with Crippen molar-refractivity contribution < 1.29 is 4.79 Å². The fraction of sp³-hybridized carbons (Fsp3) is 0.588. The van der Waals surface area contributed by atoms with Crippen LogP contribution in [-0.2, 0) is 0 Å². The van der Waals surface area contributed by atoms with Crippen LogP contribution in [0.3, 0.4) is 0 Å². The molecule has 0 spiro atoms. The maximum absolute atomic E-state index is 12.0. The topological polar surface area (TPSA) is 58.4 Å². The van der Waals surface area contributed by atoms with Crippen molar-refractivity contribution in [2.75, 3.05) is 24.2 Å². The smallest absolute Gasteiger partial charge is 0.251 e. The molecule has 4 nitrogen and oxygen atoms in total. The molecule has 21 heavy (non-hydrogen) atoms. The summed E-state index contributed by atoms with van der Waals surface area (Å²) >= 11 is 0. The van der Waals surface area contributed by atoms with Gasteiger partial charge in [-0.15, -0.1) is 0 Å². The van der Waals surface area contributed by atoms with Crippen LogP contribution in [0, 0.1) is 0 Å². The standard InChI is InChI=1S/C17H27N3O/c1-3-19-17(21)13-10-11-15(18)16(12-13)20(2)14-8-6-4-5-7-9-14/h10-12,14H,3-9,18H2,1-2H3,(H,19,21). The number of amides is 1. The van der Waals surface area contributed by atoms with Crippen molar-refractivity contribution in [3.05, 3.63) is 23.8 Å². The fourth-order valence-electron chi connectivity index (χ4n) is 3.09. The normalized spacial score (nSPS) is 16.3. The van der Waals surface area contributed by atoms with E-state index in [9.17, 15) is 4.79 Å². The van der Waals surface area contributed by atoms with Crippen molar-refractivity contribution in [2.45, 2.75) is 51.5 Å². The average Bonchev–Trinajstić information content (AvgIpc) is 2.76. The van der Waals surface area contributed by atoms with E-state index in [-0.39, 0.29) is 5.91 Å². The van der Waals surface area contributed by atoms with Gasteiger partial charge in [-0.2, -0.15) is 0 Å². The zero-order valence-electron chi connectivity index (χ0n) is 13.2. The molecule has 0 unspecified atom stereocenters. The maximum atomic E-state index is 12.0. The molecule has 2 rings (SSSR count). The summed E-state index contributed by atoms with van der Waals surface area (Å²) in [5.41, 5.74) is 8.54. The first-order valence-electron chi connectivity index (χ1n) is 8.04. The Kier molecular flexibility index (Phi) is 5.48. The molecule has 1 amide bonds. The Morgan fingerprint density at radius 2 is 1.95 bits per heavy atom. The van der Waals surface area contributed by atoms with Gasteiger partial charge >= 0.3 is 0 Å². The molecule has 4 heteroatoms. The summed E-state index contributed by atoms with van der Waals surface area (Å²) in [5, 5.41) is 2.84. The summed E-state index contributed by atoms with van der Waals surface area (Å²) in [6.07, 6.45) is 7.65. The molecule has 116 valence electrons. The molecule has 1 aromatic rings. The molecule has 1 aliphatic rings. The molecular weight excluding hydrogens is 262 g/mol. The molecule has 0 aromatic heterocycles. The Balaban J connectivity index is 2.20. The van der Waals surface area contributed by atoms with E-state index in [1.54, 1.807) is 6.07 Å². The fourth-order valence-corrected chi connectivity index (χ4v) is 3.09. The molecule has 0 aliphatic heterocycles. The van der Waals surface area contributed by atoms with E-state index < -0.39 is 0 Å². The van der Waals surface area contributed by atoms with E-state index in [1.807, 2.05) is 19.1 Å². The third-order valence-electron chi connectivity index (χ3n) is 4.38. The summed E-state index contributed by atoms with van der Waals surface area (Å²) in [7, 11) is 2.10. The van der Waals surface area contributed by atoms with Gasteiger partial charge in [-0.05, 0) is 38.0 Å². The summed E-state index contributed by atoms with van der Waals surface area (Å²) in [6.45, 7) is 2.56. The Hall–Kier alpha value is -1.71. The van der Waals surface area contributed by atoms with E-state index >= 15 is 0 Å². The number of nitrogens with zero attached hydrogens (tertiary/aromatic N) is 1. The summed E-state index contributed by atoms with van der Waals surface area (Å²) in [5.74, 6) is -0.0342. The SMILES string of the molecule is CCNC(=O)c1ccc(N)c(N(C)C2CCCCCC2)c1. The van der Waals surface area contributed by atoms with Gasteiger partial charge in [0, 0.05) is 25.2 Å². The molecular formula is C17H27N3O. The molecule has 1 saturated carbocycles. The molecule has 1 fully saturated rings. The number of nitrogens with two attached hydrogens (primary N) is 1. The van der Waals surface area contributed by atoms with Crippen molar-refractivity contribution in [2.24, 2.45) is 0 Å². The summed E-state index contributed by atoms with van der Waals surface area (Å²) in [6, 6.07) is 6.09. The Bertz CT molecular complexity index is 479. The Morgan fingerprint density at radius 1 is 1.29 bits per heavy atom. The number of rotatable bonds is 4. The van der Waals surface area contributed by atoms with Gasteiger partial charge < -0.3 is 16.0 Å². The van der Waals surface area contributed by atoms with Gasteiger partial charge in [0.05, 0.1) is 11.4 Å². The maximum Gasteiger partial charge on any atom is 0.251 e. The minimum Gasteiger partial charge on any atom is -0.397 e. The van der Waals surface area contributed by atoms with Crippen LogP contribution in [-0.4, -0.2) is 25.5 Å². The number of anilines is 2. The average molecular weight is 289 g/mol. The van der Waals surface area contributed by atoms with Gasteiger partial charge in [0.15, 0.2) is 0 Å². The van der Waals surface area contributed by atoms with Crippen molar-refractivity contribution in [1.29, 1.82) is 0 Å². The van der Waals surface area contributed by atoms with Crippen molar-refractivity contribution >= 4 is 17.3 Å². The summed E-state index contributed by atoms with van der Waals surface area (Å²) < 4.78 is 0. The predicted molar refractivity (Wildman–Crippen MR) is 88.8 cm³/mol. The van der Waals surface area contributed by atoms with Gasteiger partial charge in [0.25, 0.3) is 5.91 Å². The largest absolute Gasteiger partial charge is 0.397 e. The minimum absolute atomic E-state index is 0.0342. The van der Waals surface area contributed by atoms with E-state index in [1.165, 1.54) is 38.5 Å². The van der Waals surface area contributed by atoms with Crippen molar-refractivity contribution in [3.8, 4) is 0 Å². The predicted octanol–water partition coefficient (Wildman–Crippen LogP) is 3.18. The molecule has 0 bridgehead atoms. The zero-order valence-corrected chi connectivity index (χ0v) is 13.2. The first-order chi connectivity index (χ1) is 10.1.